The van der Waals surface area contributed by atoms with Crippen molar-refractivity contribution in [3.05, 3.63) is 29.8 Å². The minimum Gasteiger partial charge on any atom is -0.317 e. The van der Waals surface area contributed by atoms with E-state index in [1.165, 1.54) is 23.5 Å². The molecule has 102 valence electrons. The number of benzene rings is 1. The van der Waals surface area contributed by atoms with E-state index in [0.717, 1.165) is 31.1 Å². The summed E-state index contributed by atoms with van der Waals surface area (Å²) in [5.41, 5.74) is 2.19. The average molecular weight is 260 g/mol. The molecule has 2 heterocycles. The molecular weight excluding hydrogens is 240 g/mol. The van der Waals surface area contributed by atoms with Crippen molar-refractivity contribution in [2.75, 3.05) is 24.8 Å². The quantitative estimate of drug-likeness (QED) is 0.902. The summed E-state index contributed by atoms with van der Waals surface area (Å²) in [7, 11) is 0. The Bertz CT molecular complexity index is 438. The SMILES string of the molecule is O=C1CCON1c1ccc(CC2CCNCC2)cc1. The highest BCUT2D eigenvalue weighted by Crippen LogP contribution is 2.23. The second-order valence-electron chi connectivity index (χ2n) is 5.34. The van der Waals surface area contributed by atoms with Crippen LogP contribution in [-0.2, 0) is 16.1 Å². The molecule has 4 nitrogen and oxygen atoms in total. The summed E-state index contributed by atoms with van der Waals surface area (Å²) in [5.74, 6) is 0.836. The molecule has 2 aliphatic heterocycles. The van der Waals surface area contributed by atoms with E-state index in [9.17, 15) is 4.79 Å². The normalized spacial score (nSPS) is 21.1. The number of hydrogen-bond donors (Lipinski definition) is 1. The smallest absolute Gasteiger partial charge is 0.253 e. The molecule has 1 aromatic rings. The van der Waals surface area contributed by atoms with Gasteiger partial charge in [-0.2, -0.15) is 5.06 Å². The van der Waals surface area contributed by atoms with E-state index in [0.29, 0.717) is 13.0 Å². The van der Waals surface area contributed by atoms with Gasteiger partial charge in [0.25, 0.3) is 5.91 Å². The van der Waals surface area contributed by atoms with E-state index >= 15 is 0 Å². The Labute approximate surface area is 113 Å². The Morgan fingerprint density at radius 1 is 1.21 bits per heavy atom. The number of piperidine rings is 1. The van der Waals surface area contributed by atoms with Crippen LogP contribution in [0.15, 0.2) is 24.3 Å². The van der Waals surface area contributed by atoms with Crippen molar-refractivity contribution in [3.8, 4) is 0 Å². The highest BCUT2D eigenvalue weighted by molar-refractivity contribution is 5.92. The summed E-state index contributed by atoms with van der Waals surface area (Å²) in [5, 5.41) is 4.80. The van der Waals surface area contributed by atoms with Crippen LogP contribution in [0, 0.1) is 5.92 Å². The van der Waals surface area contributed by atoms with Gasteiger partial charge in [0.15, 0.2) is 0 Å². The minimum absolute atomic E-state index is 0.0473. The van der Waals surface area contributed by atoms with Crippen LogP contribution < -0.4 is 10.4 Å². The molecule has 19 heavy (non-hydrogen) atoms. The van der Waals surface area contributed by atoms with Crippen molar-refractivity contribution >= 4 is 11.6 Å². The zero-order valence-electron chi connectivity index (χ0n) is 11.1. The molecule has 0 aliphatic carbocycles. The number of nitrogens with one attached hydrogen (secondary N) is 1. The number of carbonyl (C=O) groups excluding carboxylic acids is 1. The van der Waals surface area contributed by atoms with E-state index in [1.54, 1.807) is 0 Å². The van der Waals surface area contributed by atoms with Crippen LogP contribution in [-0.4, -0.2) is 25.6 Å². The molecule has 2 saturated heterocycles. The minimum atomic E-state index is 0.0473. The van der Waals surface area contributed by atoms with Crippen LogP contribution >= 0.6 is 0 Å². The lowest BCUT2D eigenvalue weighted by Gasteiger charge is -2.22. The van der Waals surface area contributed by atoms with Gasteiger partial charge in [-0.15, -0.1) is 0 Å². The molecule has 1 N–H and O–H groups in total. The first kappa shape index (κ1) is 12.6. The van der Waals surface area contributed by atoms with E-state index < -0.39 is 0 Å². The predicted molar refractivity (Wildman–Crippen MR) is 73.8 cm³/mol. The summed E-state index contributed by atoms with van der Waals surface area (Å²) in [6, 6.07) is 8.21. The van der Waals surface area contributed by atoms with E-state index in [1.807, 2.05) is 12.1 Å². The van der Waals surface area contributed by atoms with Crippen molar-refractivity contribution in [2.24, 2.45) is 5.92 Å². The standard InChI is InChI=1S/C15H20N2O2/c18-15-7-10-19-17(15)14-3-1-12(2-4-14)11-13-5-8-16-9-6-13/h1-4,13,16H,5-11H2. The zero-order valence-corrected chi connectivity index (χ0v) is 11.1. The van der Waals surface area contributed by atoms with Gasteiger partial charge in [-0.25, -0.2) is 0 Å². The van der Waals surface area contributed by atoms with E-state index in [-0.39, 0.29) is 5.91 Å². The molecule has 0 saturated carbocycles. The molecule has 2 fully saturated rings. The summed E-state index contributed by atoms with van der Waals surface area (Å²) in [4.78, 5) is 16.9. The third-order valence-corrected chi connectivity index (χ3v) is 3.92. The van der Waals surface area contributed by atoms with Crippen LogP contribution in [0.5, 0.6) is 0 Å². The molecule has 2 aliphatic rings. The van der Waals surface area contributed by atoms with Gasteiger partial charge in [0, 0.05) is 0 Å². The first-order valence-corrected chi connectivity index (χ1v) is 7.08. The molecule has 0 radical (unpaired) electrons. The molecule has 3 rings (SSSR count). The fourth-order valence-corrected chi connectivity index (χ4v) is 2.80. The van der Waals surface area contributed by atoms with Crippen molar-refractivity contribution in [3.63, 3.8) is 0 Å². The number of rotatable bonds is 3. The maximum Gasteiger partial charge on any atom is 0.253 e. The maximum atomic E-state index is 11.6. The number of anilines is 1. The second kappa shape index (κ2) is 5.72. The van der Waals surface area contributed by atoms with Crippen molar-refractivity contribution in [1.29, 1.82) is 0 Å². The van der Waals surface area contributed by atoms with E-state index in [4.69, 9.17) is 4.84 Å². The van der Waals surface area contributed by atoms with Gasteiger partial charge < -0.3 is 5.32 Å². The summed E-state index contributed by atoms with van der Waals surface area (Å²) >= 11 is 0. The largest absolute Gasteiger partial charge is 0.317 e. The molecule has 1 aromatic carbocycles. The van der Waals surface area contributed by atoms with Crippen molar-refractivity contribution in [2.45, 2.75) is 25.7 Å². The van der Waals surface area contributed by atoms with Gasteiger partial charge in [0.1, 0.15) is 0 Å². The first-order chi connectivity index (χ1) is 9.33. The highest BCUT2D eigenvalue weighted by Gasteiger charge is 2.23. The van der Waals surface area contributed by atoms with Crippen LogP contribution in [0.2, 0.25) is 0 Å². The van der Waals surface area contributed by atoms with Crippen LogP contribution in [0.3, 0.4) is 0 Å². The topological polar surface area (TPSA) is 41.6 Å². The number of nitrogens with zero attached hydrogens (tertiary/aromatic N) is 1. The summed E-state index contributed by atoms with van der Waals surface area (Å²) in [6.45, 7) is 2.77. The summed E-state index contributed by atoms with van der Waals surface area (Å²) < 4.78 is 0. The van der Waals surface area contributed by atoms with Gasteiger partial charge in [0.2, 0.25) is 0 Å². The highest BCUT2D eigenvalue weighted by atomic mass is 16.7. The molecule has 1 amide bonds. The predicted octanol–water partition coefficient (Wildman–Crippen LogP) is 1.90. The third kappa shape index (κ3) is 2.96. The van der Waals surface area contributed by atoms with Crippen LogP contribution in [0.4, 0.5) is 5.69 Å². The van der Waals surface area contributed by atoms with Crippen molar-refractivity contribution in [1.82, 2.24) is 5.32 Å². The average Bonchev–Trinajstić information content (AvgIpc) is 2.87. The Kier molecular flexibility index (Phi) is 3.80. The number of amides is 1. The Morgan fingerprint density at radius 2 is 1.95 bits per heavy atom. The molecule has 0 spiro atoms. The van der Waals surface area contributed by atoms with Gasteiger partial charge >= 0.3 is 0 Å². The Balaban J connectivity index is 1.63. The molecular formula is C15H20N2O2. The van der Waals surface area contributed by atoms with Gasteiger partial charge in [-0.05, 0) is 56.0 Å². The Morgan fingerprint density at radius 3 is 2.58 bits per heavy atom. The molecule has 0 bridgehead atoms. The third-order valence-electron chi connectivity index (χ3n) is 3.92. The van der Waals surface area contributed by atoms with Crippen molar-refractivity contribution < 1.29 is 9.63 Å². The fourth-order valence-electron chi connectivity index (χ4n) is 2.80. The lowest BCUT2D eigenvalue weighted by Crippen LogP contribution is -2.28. The lowest BCUT2D eigenvalue weighted by molar-refractivity contribution is -0.119. The molecule has 4 heteroatoms. The van der Waals surface area contributed by atoms with Crippen LogP contribution in [0.1, 0.15) is 24.8 Å². The van der Waals surface area contributed by atoms with E-state index in [2.05, 4.69) is 17.4 Å². The zero-order chi connectivity index (χ0) is 13.1. The first-order valence-electron chi connectivity index (χ1n) is 7.08. The number of hydrogen-bond acceptors (Lipinski definition) is 3. The molecule has 0 atom stereocenters. The molecule has 0 unspecified atom stereocenters. The molecule has 0 aromatic heterocycles. The van der Waals surface area contributed by atoms with Crippen LogP contribution in [0.25, 0.3) is 0 Å². The Hall–Kier alpha value is -1.39. The van der Waals surface area contributed by atoms with Gasteiger partial charge in [-0.3, -0.25) is 9.63 Å². The number of hydroxylamine groups is 1. The summed E-state index contributed by atoms with van der Waals surface area (Å²) in [6.07, 6.45) is 4.14. The van der Waals surface area contributed by atoms with Gasteiger partial charge in [-0.1, -0.05) is 12.1 Å². The lowest BCUT2D eigenvalue weighted by atomic mass is 9.91. The monoisotopic (exact) mass is 260 g/mol. The number of carbonyl (C=O) groups is 1. The van der Waals surface area contributed by atoms with Gasteiger partial charge in [0.05, 0.1) is 18.7 Å². The maximum absolute atomic E-state index is 11.6. The second-order valence-corrected chi connectivity index (χ2v) is 5.34. The fraction of sp³-hybridized carbons (Fsp3) is 0.533.